The van der Waals surface area contributed by atoms with Crippen LogP contribution in [-0.4, -0.2) is 47.8 Å². The van der Waals surface area contributed by atoms with E-state index in [9.17, 15) is 14.4 Å². The van der Waals surface area contributed by atoms with E-state index >= 15 is 0 Å². The van der Waals surface area contributed by atoms with Gasteiger partial charge in [0.15, 0.2) is 11.5 Å². The van der Waals surface area contributed by atoms with Gasteiger partial charge in [-0.3, -0.25) is 19.3 Å². The van der Waals surface area contributed by atoms with E-state index in [0.717, 1.165) is 16.7 Å². The molecule has 1 aliphatic rings. The normalized spacial score (nSPS) is 14.6. The number of ether oxygens (including phenoxy) is 3. The maximum atomic E-state index is 12.8. The van der Waals surface area contributed by atoms with Gasteiger partial charge in [0.05, 0.1) is 24.2 Å². The molecule has 0 radical (unpaired) electrons. The minimum Gasteiger partial charge on any atom is -0.494 e. The second-order valence-corrected chi connectivity index (χ2v) is 8.57. The Morgan fingerprint density at radius 2 is 1.74 bits per heavy atom. The molecule has 0 aliphatic carbocycles. The van der Waals surface area contributed by atoms with Crippen LogP contribution in [0.5, 0.6) is 17.2 Å². The molecule has 0 bridgehead atoms. The van der Waals surface area contributed by atoms with E-state index in [-0.39, 0.29) is 17.6 Å². The largest absolute Gasteiger partial charge is 0.494 e. The van der Waals surface area contributed by atoms with Gasteiger partial charge in [-0.15, -0.1) is 0 Å². The summed E-state index contributed by atoms with van der Waals surface area (Å²) in [5.41, 5.74) is 1.23. The quantitative estimate of drug-likeness (QED) is 0.477. The van der Waals surface area contributed by atoms with Gasteiger partial charge in [0.2, 0.25) is 5.91 Å². The lowest BCUT2D eigenvalue weighted by Crippen LogP contribution is -2.36. The van der Waals surface area contributed by atoms with Crippen LogP contribution in [0.3, 0.4) is 0 Å². The summed E-state index contributed by atoms with van der Waals surface area (Å²) < 4.78 is 16.8. The molecule has 0 unspecified atom stereocenters. The van der Waals surface area contributed by atoms with Gasteiger partial charge in [0, 0.05) is 5.69 Å². The van der Waals surface area contributed by atoms with Crippen LogP contribution >= 0.6 is 11.8 Å². The fraction of sp³-hybridized carbons (Fsp3) is 0.320. The minimum absolute atomic E-state index is 0.0182. The van der Waals surface area contributed by atoms with Crippen LogP contribution in [0, 0.1) is 0 Å². The molecule has 1 heterocycles. The smallest absolute Gasteiger partial charge is 0.294 e. The zero-order chi connectivity index (χ0) is 24.7. The Morgan fingerprint density at radius 1 is 1.03 bits per heavy atom. The van der Waals surface area contributed by atoms with E-state index in [2.05, 4.69) is 5.32 Å². The van der Waals surface area contributed by atoms with Gasteiger partial charge in [0.25, 0.3) is 11.1 Å². The average Bonchev–Trinajstić information content (AvgIpc) is 3.04. The maximum absolute atomic E-state index is 12.8. The predicted octanol–water partition coefficient (Wildman–Crippen LogP) is 4.95. The molecule has 3 rings (SSSR count). The molecule has 9 heteroatoms. The van der Waals surface area contributed by atoms with Crippen molar-refractivity contribution in [1.82, 2.24) is 4.90 Å². The molecule has 8 nitrogen and oxygen atoms in total. The van der Waals surface area contributed by atoms with Crippen LogP contribution < -0.4 is 19.5 Å². The van der Waals surface area contributed by atoms with Crippen molar-refractivity contribution in [3.05, 3.63) is 52.9 Å². The standard InChI is InChI=1S/C25H28N2O6S/c1-5-31-19-10-8-18(9-11-19)26-23(28)15-27-24(29)22(34-25(27)30)14-17-7-12-20(33-16(3)4)21(13-17)32-6-2/h7-14,16H,5-6,15H2,1-4H3,(H,26,28)/b22-14+. The van der Waals surface area contributed by atoms with Gasteiger partial charge in [-0.1, -0.05) is 6.07 Å². The summed E-state index contributed by atoms with van der Waals surface area (Å²) in [6.45, 7) is 8.22. The van der Waals surface area contributed by atoms with Crippen molar-refractivity contribution in [3.63, 3.8) is 0 Å². The summed E-state index contributed by atoms with van der Waals surface area (Å²) in [4.78, 5) is 38.8. The van der Waals surface area contributed by atoms with E-state index < -0.39 is 17.1 Å². The van der Waals surface area contributed by atoms with Crippen LogP contribution in [0.2, 0.25) is 0 Å². The molecule has 1 aliphatic heterocycles. The molecule has 1 N–H and O–H groups in total. The number of rotatable bonds is 10. The topological polar surface area (TPSA) is 94.2 Å². The lowest BCUT2D eigenvalue weighted by molar-refractivity contribution is -0.127. The number of anilines is 1. The highest BCUT2D eigenvalue weighted by atomic mass is 32.2. The second kappa shape index (κ2) is 11.6. The highest BCUT2D eigenvalue weighted by molar-refractivity contribution is 8.18. The predicted molar refractivity (Wildman–Crippen MR) is 132 cm³/mol. The summed E-state index contributed by atoms with van der Waals surface area (Å²) in [7, 11) is 0. The number of carbonyl (C=O) groups excluding carboxylic acids is 3. The number of amides is 3. The molecule has 180 valence electrons. The number of thioether (sulfide) groups is 1. The van der Waals surface area contributed by atoms with Gasteiger partial charge >= 0.3 is 0 Å². The zero-order valence-corrected chi connectivity index (χ0v) is 20.4. The molecular formula is C25H28N2O6S. The molecule has 0 saturated carbocycles. The van der Waals surface area contributed by atoms with Crippen LogP contribution in [-0.2, 0) is 9.59 Å². The number of nitrogens with zero attached hydrogens (tertiary/aromatic N) is 1. The second-order valence-electron chi connectivity index (χ2n) is 7.58. The monoisotopic (exact) mass is 484 g/mol. The fourth-order valence-electron chi connectivity index (χ4n) is 3.17. The van der Waals surface area contributed by atoms with Crippen molar-refractivity contribution in [2.75, 3.05) is 25.1 Å². The van der Waals surface area contributed by atoms with E-state index in [4.69, 9.17) is 14.2 Å². The first kappa shape index (κ1) is 25.2. The highest BCUT2D eigenvalue weighted by Gasteiger charge is 2.36. The van der Waals surface area contributed by atoms with Crippen LogP contribution in [0.4, 0.5) is 10.5 Å². The first-order valence-electron chi connectivity index (χ1n) is 11.0. The molecule has 0 aromatic heterocycles. The molecule has 2 aromatic carbocycles. The van der Waals surface area contributed by atoms with Crippen molar-refractivity contribution in [3.8, 4) is 17.2 Å². The van der Waals surface area contributed by atoms with Gasteiger partial charge in [0.1, 0.15) is 12.3 Å². The Bertz CT molecular complexity index is 1080. The molecule has 3 amide bonds. The summed E-state index contributed by atoms with van der Waals surface area (Å²) in [6, 6.07) is 12.2. The fourth-order valence-corrected chi connectivity index (χ4v) is 4.01. The van der Waals surface area contributed by atoms with E-state index in [1.807, 2.05) is 27.7 Å². The third-order valence-electron chi connectivity index (χ3n) is 4.55. The number of imide groups is 1. The summed E-state index contributed by atoms with van der Waals surface area (Å²) >= 11 is 0.796. The van der Waals surface area contributed by atoms with Crippen molar-refractivity contribution < 1.29 is 28.6 Å². The molecular weight excluding hydrogens is 456 g/mol. The average molecular weight is 485 g/mol. The van der Waals surface area contributed by atoms with E-state index in [0.29, 0.717) is 41.7 Å². The SMILES string of the molecule is CCOc1ccc(NC(=O)CN2C(=O)S/C(=C/c3ccc(OC(C)C)c(OCC)c3)C2=O)cc1. The Kier molecular flexibility index (Phi) is 8.59. The number of benzene rings is 2. The maximum Gasteiger partial charge on any atom is 0.294 e. The summed E-state index contributed by atoms with van der Waals surface area (Å²) in [6.07, 6.45) is 1.59. The van der Waals surface area contributed by atoms with Crippen molar-refractivity contribution in [2.24, 2.45) is 0 Å². The van der Waals surface area contributed by atoms with E-state index in [1.165, 1.54) is 0 Å². The zero-order valence-electron chi connectivity index (χ0n) is 19.6. The van der Waals surface area contributed by atoms with Gasteiger partial charge in [-0.2, -0.15) is 0 Å². The Hall–Kier alpha value is -3.46. The van der Waals surface area contributed by atoms with Crippen molar-refractivity contribution in [1.29, 1.82) is 0 Å². The van der Waals surface area contributed by atoms with Crippen molar-refractivity contribution >= 4 is 40.6 Å². The van der Waals surface area contributed by atoms with Crippen molar-refractivity contribution in [2.45, 2.75) is 33.8 Å². The van der Waals surface area contributed by atoms with Gasteiger partial charge < -0.3 is 19.5 Å². The lowest BCUT2D eigenvalue weighted by atomic mass is 10.1. The van der Waals surface area contributed by atoms with Crippen LogP contribution in [0.15, 0.2) is 47.4 Å². The molecule has 2 aromatic rings. The van der Waals surface area contributed by atoms with Crippen LogP contribution in [0.1, 0.15) is 33.3 Å². The molecule has 34 heavy (non-hydrogen) atoms. The number of nitrogens with one attached hydrogen (secondary N) is 1. The molecule has 0 spiro atoms. The highest BCUT2D eigenvalue weighted by Crippen LogP contribution is 2.35. The third-order valence-corrected chi connectivity index (χ3v) is 5.46. The Morgan fingerprint density at radius 3 is 2.38 bits per heavy atom. The molecule has 1 fully saturated rings. The third kappa shape index (κ3) is 6.54. The molecule has 1 saturated heterocycles. The lowest BCUT2D eigenvalue weighted by Gasteiger charge is -2.15. The number of hydrogen-bond acceptors (Lipinski definition) is 7. The molecule has 0 atom stereocenters. The number of hydrogen-bond donors (Lipinski definition) is 1. The first-order valence-corrected chi connectivity index (χ1v) is 11.8. The van der Waals surface area contributed by atoms with Crippen LogP contribution in [0.25, 0.3) is 6.08 Å². The summed E-state index contributed by atoms with van der Waals surface area (Å²) in [5.74, 6) is 0.860. The summed E-state index contributed by atoms with van der Waals surface area (Å²) in [5, 5.41) is 2.19. The van der Waals surface area contributed by atoms with Gasteiger partial charge in [-0.25, -0.2) is 0 Å². The Labute approximate surface area is 203 Å². The Balaban J connectivity index is 1.68. The van der Waals surface area contributed by atoms with Gasteiger partial charge in [-0.05, 0) is 87.5 Å². The minimum atomic E-state index is -0.516. The first-order chi connectivity index (χ1) is 16.3. The number of carbonyl (C=O) groups is 3. The van der Waals surface area contributed by atoms with E-state index in [1.54, 1.807) is 48.5 Å².